The van der Waals surface area contributed by atoms with Crippen molar-refractivity contribution in [2.24, 2.45) is 0 Å². The summed E-state index contributed by atoms with van der Waals surface area (Å²) in [7, 11) is 0. The highest BCUT2D eigenvalue weighted by atomic mass is 35.5. The minimum atomic E-state index is -0.254. The summed E-state index contributed by atoms with van der Waals surface area (Å²) in [5.41, 5.74) is 0.425. The van der Waals surface area contributed by atoms with E-state index in [9.17, 15) is 9.59 Å². The van der Waals surface area contributed by atoms with Gasteiger partial charge in [-0.3, -0.25) is 9.59 Å². The van der Waals surface area contributed by atoms with Crippen molar-refractivity contribution >= 4 is 23.4 Å². The van der Waals surface area contributed by atoms with Gasteiger partial charge in [-0.25, -0.2) is 0 Å². The molecule has 2 N–H and O–H groups in total. The molecule has 0 aliphatic carbocycles. The number of carbonyl (C=O) groups excluding carboxylic acids is 2. The molecule has 0 aliphatic heterocycles. The number of hydrogen-bond donors (Lipinski definition) is 2. The highest BCUT2D eigenvalue weighted by molar-refractivity contribution is 6.33. The zero-order valence-electron chi connectivity index (χ0n) is 13.8. The zero-order chi connectivity index (χ0) is 17.9. The third-order valence-corrected chi connectivity index (χ3v) is 3.74. The Morgan fingerprint density at radius 2 is 1.60 bits per heavy atom. The van der Waals surface area contributed by atoms with Crippen LogP contribution >= 0.6 is 11.6 Å². The molecule has 2 rings (SSSR count). The predicted octanol–water partition coefficient (Wildman–Crippen LogP) is 3.05. The molecule has 0 spiro atoms. The van der Waals surface area contributed by atoms with Gasteiger partial charge in [0.1, 0.15) is 5.75 Å². The first-order valence-electron chi connectivity index (χ1n) is 8.14. The summed E-state index contributed by atoms with van der Waals surface area (Å²) in [5.74, 6) is 0.477. The number of carbonyl (C=O) groups is 2. The fourth-order valence-corrected chi connectivity index (χ4v) is 2.37. The van der Waals surface area contributed by atoms with Crippen molar-refractivity contribution in [3.8, 4) is 5.75 Å². The van der Waals surface area contributed by atoms with Crippen molar-refractivity contribution in [3.05, 3.63) is 65.2 Å². The summed E-state index contributed by atoms with van der Waals surface area (Å²) in [6.45, 7) is 1.20. The molecule has 0 aromatic heterocycles. The third-order valence-electron chi connectivity index (χ3n) is 3.41. The van der Waals surface area contributed by atoms with E-state index < -0.39 is 0 Å². The number of rotatable bonds is 9. The average molecular weight is 361 g/mol. The van der Waals surface area contributed by atoms with E-state index in [1.54, 1.807) is 24.3 Å². The van der Waals surface area contributed by atoms with Crippen molar-refractivity contribution in [1.29, 1.82) is 0 Å². The van der Waals surface area contributed by atoms with Gasteiger partial charge in [0.2, 0.25) is 5.91 Å². The minimum Gasteiger partial charge on any atom is -0.494 e. The van der Waals surface area contributed by atoms with Crippen LogP contribution in [0.3, 0.4) is 0 Å². The first-order chi connectivity index (χ1) is 12.2. The molecule has 132 valence electrons. The highest BCUT2D eigenvalue weighted by Gasteiger charge is 2.08. The quantitative estimate of drug-likeness (QED) is 0.675. The topological polar surface area (TPSA) is 67.4 Å². The average Bonchev–Trinajstić information content (AvgIpc) is 2.63. The molecule has 0 heterocycles. The predicted molar refractivity (Wildman–Crippen MR) is 98.0 cm³/mol. The number of benzene rings is 2. The molecule has 0 bridgehead atoms. The number of hydrogen-bond acceptors (Lipinski definition) is 3. The SMILES string of the molecule is O=C(CCCOc1ccccc1)NCCNC(=O)c1ccccc1Cl. The molecule has 2 amide bonds. The molecule has 0 radical (unpaired) electrons. The van der Waals surface area contributed by atoms with Gasteiger partial charge in [0.05, 0.1) is 17.2 Å². The van der Waals surface area contributed by atoms with Crippen molar-refractivity contribution in [1.82, 2.24) is 10.6 Å². The Hall–Kier alpha value is -2.53. The van der Waals surface area contributed by atoms with Gasteiger partial charge in [-0.15, -0.1) is 0 Å². The Labute approximate surface area is 152 Å². The molecule has 0 aliphatic rings. The van der Waals surface area contributed by atoms with Gasteiger partial charge in [-0.05, 0) is 30.7 Å². The molecular weight excluding hydrogens is 340 g/mol. The largest absolute Gasteiger partial charge is 0.494 e. The first-order valence-corrected chi connectivity index (χ1v) is 8.52. The van der Waals surface area contributed by atoms with Crippen LogP contribution in [0.2, 0.25) is 5.02 Å². The Bertz CT molecular complexity index is 692. The van der Waals surface area contributed by atoms with Gasteiger partial charge in [0.15, 0.2) is 0 Å². The van der Waals surface area contributed by atoms with Crippen LogP contribution in [-0.4, -0.2) is 31.5 Å². The van der Waals surface area contributed by atoms with E-state index >= 15 is 0 Å². The second-order valence-corrected chi connectivity index (χ2v) is 5.76. The molecular formula is C19H21ClN2O3. The van der Waals surface area contributed by atoms with Crippen LogP contribution in [0.5, 0.6) is 5.75 Å². The monoisotopic (exact) mass is 360 g/mol. The lowest BCUT2D eigenvalue weighted by Gasteiger charge is -2.08. The maximum Gasteiger partial charge on any atom is 0.252 e. The molecule has 0 atom stereocenters. The molecule has 0 unspecified atom stereocenters. The summed E-state index contributed by atoms with van der Waals surface area (Å²) in [5, 5.41) is 5.89. The van der Waals surface area contributed by atoms with Gasteiger partial charge in [-0.2, -0.15) is 0 Å². The lowest BCUT2D eigenvalue weighted by Crippen LogP contribution is -2.34. The van der Waals surface area contributed by atoms with E-state index in [1.807, 2.05) is 30.3 Å². The number of ether oxygens (including phenoxy) is 1. The van der Waals surface area contributed by atoms with E-state index in [-0.39, 0.29) is 11.8 Å². The Morgan fingerprint density at radius 1 is 0.920 bits per heavy atom. The molecule has 0 saturated heterocycles. The standard InChI is InChI=1S/C19H21ClN2O3/c20-17-10-5-4-9-16(17)19(24)22-13-12-21-18(23)11-6-14-25-15-7-2-1-3-8-15/h1-5,7-10H,6,11-14H2,(H,21,23)(H,22,24). The van der Waals surface area contributed by atoms with Crippen molar-refractivity contribution < 1.29 is 14.3 Å². The first kappa shape index (κ1) is 18.8. The van der Waals surface area contributed by atoms with Crippen LogP contribution in [0.15, 0.2) is 54.6 Å². The van der Waals surface area contributed by atoms with E-state index in [4.69, 9.17) is 16.3 Å². The van der Waals surface area contributed by atoms with E-state index in [2.05, 4.69) is 10.6 Å². The van der Waals surface area contributed by atoms with E-state index in [0.717, 1.165) is 5.75 Å². The van der Waals surface area contributed by atoms with Gasteiger partial charge >= 0.3 is 0 Å². The zero-order valence-corrected chi connectivity index (χ0v) is 14.6. The molecule has 5 nitrogen and oxygen atoms in total. The molecule has 0 fully saturated rings. The molecule has 6 heteroatoms. The maximum atomic E-state index is 11.9. The van der Waals surface area contributed by atoms with Crippen LogP contribution in [0.1, 0.15) is 23.2 Å². The van der Waals surface area contributed by atoms with E-state index in [1.165, 1.54) is 0 Å². The summed E-state index contributed by atoms with van der Waals surface area (Å²) >= 11 is 5.96. The Balaban J connectivity index is 1.55. The Kier molecular flexibility index (Phi) is 7.79. The fourth-order valence-electron chi connectivity index (χ4n) is 2.15. The number of amides is 2. The summed E-state index contributed by atoms with van der Waals surface area (Å²) < 4.78 is 5.52. The van der Waals surface area contributed by atoms with Gasteiger partial charge in [-0.1, -0.05) is 41.9 Å². The van der Waals surface area contributed by atoms with Crippen LogP contribution in [0, 0.1) is 0 Å². The van der Waals surface area contributed by atoms with Crippen LogP contribution in [0.25, 0.3) is 0 Å². The number of halogens is 1. The second kappa shape index (κ2) is 10.4. The van der Waals surface area contributed by atoms with Gasteiger partial charge < -0.3 is 15.4 Å². The minimum absolute atomic E-state index is 0.0661. The Morgan fingerprint density at radius 3 is 2.36 bits per heavy atom. The van der Waals surface area contributed by atoms with E-state index in [0.29, 0.717) is 43.1 Å². The molecule has 25 heavy (non-hydrogen) atoms. The summed E-state index contributed by atoms with van der Waals surface area (Å²) in [6.07, 6.45) is 1.01. The van der Waals surface area contributed by atoms with Gasteiger partial charge in [0.25, 0.3) is 5.91 Å². The van der Waals surface area contributed by atoms with Crippen LogP contribution < -0.4 is 15.4 Å². The highest BCUT2D eigenvalue weighted by Crippen LogP contribution is 2.14. The van der Waals surface area contributed by atoms with Crippen LogP contribution in [-0.2, 0) is 4.79 Å². The lowest BCUT2D eigenvalue weighted by atomic mass is 10.2. The smallest absolute Gasteiger partial charge is 0.252 e. The molecule has 0 saturated carbocycles. The van der Waals surface area contributed by atoms with Crippen molar-refractivity contribution in [2.45, 2.75) is 12.8 Å². The second-order valence-electron chi connectivity index (χ2n) is 5.35. The molecule has 2 aromatic rings. The van der Waals surface area contributed by atoms with Crippen LogP contribution in [0.4, 0.5) is 0 Å². The fraction of sp³-hybridized carbons (Fsp3) is 0.263. The normalized spacial score (nSPS) is 10.1. The van der Waals surface area contributed by atoms with Gasteiger partial charge in [0, 0.05) is 19.5 Å². The number of nitrogens with one attached hydrogen (secondary N) is 2. The summed E-state index contributed by atoms with van der Waals surface area (Å²) in [6, 6.07) is 16.3. The molecule has 2 aromatic carbocycles. The van der Waals surface area contributed by atoms with Crippen molar-refractivity contribution in [3.63, 3.8) is 0 Å². The summed E-state index contributed by atoms with van der Waals surface area (Å²) in [4.78, 5) is 23.7. The maximum absolute atomic E-state index is 11.9. The number of para-hydroxylation sites is 1. The third kappa shape index (κ3) is 6.85. The van der Waals surface area contributed by atoms with Crippen molar-refractivity contribution in [2.75, 3.05) is 19.7 Å². The lowest BCUT2D eigenvalue weighted by molar-refractivity contribution is -0.121.